The minimum absolute atomic E-state index is 0.0573. The molecule has 0 bridgehead atoms. The van der Waals surface area contributed by atoms with E-state index in [-0.39, 0.29) is 12.0 Å². The summed E-state index contributed by atoms with van der Waals surface area (Å²) in [7, 11) is 0. The van der Waals surface area contributed by atoms with Crippen molar-refractivity contribution in [3.8, 4) is 0 Å². The summed E-state index contributed by atoms with van der Waals surface area (Å²) in [5.41, 5.74) is -1.47. The summed E-state index contributed by atoms with van der Waals surface area (Å²) >= 11 is 0. The third kappa shape index (κ3) is 7.93. The topological polar surface area (TPSA) is 75.6 Å². The molecule has 0 fully saturated rings. The molecule has 0 heterocycles. The maximum atomic E-state index is 11.7. The standard InChI is InChI=1S/C16H31NO4/c1-8-16(12(18)19,10-9-14(2,3)4)11-17-13(20)21-15(5,6)7/h8-11H2,1-7H3,(H,17,20)(H,18,19). The SMILES string of the molecule is CCC(CCC(C)(C)C)(CNC(=O)OC(C)(C)C)C(=O)O. The van der Waals surface area contributed by atoms with Crippen molar-refractivity contribution in [1.29, 1.82) is 0 Å². The van der Waals surface area contributed by atoms with E-state index in [0.717, 1.165) is 6.42 Å². The number of nitrogens with one attached hydrogen (secondary N) is 1. The predicted octanol–water partition coefficient (Wildman–Crippen LogP) is 3.82. The van der Waals surface area contributed by atoms with Gasteiger partial charge >= 0.3 is 12.1 Å². The van der Waals surface area contributed by atoms with Crippen LogP contribution in [0.4, 0.5) is 4.79 Å². The van der Waals surface area contributed by atoms with Crippen molar-refractivity contribution in [2.45, 2.75) is 73.3 Å². The Morgan fingerprint density at radius 2 is 1.57 bits per heavy atom. The number of alkyl carbamates (subject to hydrolysis) is 1. The van der Waals surface area contributed by atoms with Crippen LogP contribution in [0.3, 0.4) is 0 Å². The lowest BCUT2D eigenvalue weighted by atomic mass is 9.75. The van der Waals surface area contributed by atoms with Crippen LogP contribution in [0, 0.1) is 10.8 Å². The third-order valence-electron chi connectivity index (χ3n) is 3.45. The number of hydrogen-bond donors (Lipinski definition) is 2. The number of ether oxygens (including phenoxy) is 1. The number of amides is 1. The van der Waals surface area contributed by atoms with Crippen LogP contribution in [0.1, 0.15) is 67.7 Å². The number of carbonyl (C=O) groups excluding carboxylic acids is 1. The van der Waals surface area contributed by atoms with Crippen molar-refractivity contribution < 1.29 is 19.4 Å². The molecule has 0 rings (SSSR count). The second-order valence-electron chi connectivity index (χ2n) is 7.86. The Morgan fingerprint density at radius 3 is 1.90 bits per heavy atom. The van der Waals surface area contributed by atoms with Crippen molar-refractivity contribution >= 4 is 12.1 Å². The molecular formula is C16H31NO4. The Kier molecular flexibility index (Phi) is 6.71. The Hall–Kier alpha value is -1.26. The van der Waals surface area contributed by atoms with Crippen molar-refractivity contribution in [2.24, 2.45) is 10.8 Å². The number of hydrogen-bond acceptors (Lipinski definition) is 3. The molecule has 0 aliphatic rings. The van der Waals surface area contributed by atoms with Gasteiger partial charge in [-0.25, -0.2) is 4.79 Å². The molecule has 0 saturated carbocycles. The Balaban J connectivity index is 4.78. The van der Waals surface area contributed by atoms with E-state index in [1.807, 2.05) is 6.92 Å². The Morgan fingerprint density at radius 1 is 1.05 bits per heavy atom. The fraction of sp³-hybridized carbons (Fsp3) is 0.875. The molecule has 0 saturated heterocycles. The largest absolute Gasteiger partial charge is 0.481 e. The summed E-state index contributed by atoms with van der Waals surface area (Å²) in [6, 6.07) is 0. The molecule has 0 spiro atoms. The quantitative estimate of drug-likeness (QED) is 0.782. The zero-order valence-corrected chi connectivity index (χ0v) is 14.5. The van der Waals surface area contributed by atoms with E-state index < -0.39 is 23.1 Å². The molecular weight excluding hydrogens is 270 g/mol. The second kappa shape index (κ2) is 7.14. The highest BCUT2D eigenvalue weighted by molar-refractivity contribution is 5.76. The lowest BCUT2D eigenvalue weighted by Crippen LogP contribution is -2.44. The fourth-order valence-corrected chi connectivity index (χ4v) is 1.89. The number of carboxylic acid groups (broad SMARTS) is 1. The van der Waals surface area contributed by atoms with Gasteiger partial charge in [0.15, 0.2) is 0 Å². The molecule has 0 aliphatic carbocycles. The zero-order valence-electron chi connectivity index (χ0n) is 14.5. The minimum atomic E-state index is -0.940. The van der Waals surface area contributed by atoms with Crippen LogP contribution in [0.5, 0.6) is 0 Å². The number of rotatable bonds is 6. The highest BCUT2D eigenvalue weighted by Crippen LogP contribution is 2.33. The summed E-state index contributed by atoms with van der Waals surface area (Å²) in [6.45, 7) is 13.5. The third-order valence-corrected chi connectivity index (χ3v) is 3.45. The molecule has 1 amide bonds. The van der Waals surface area contributed by atoms with Crippen LogP contribution in [-0.2, 0) is 9.53 Å². The van der Waals surface area contributed by atoms with E-state index in [1.165, 1.54) is 0 Å². The van der Waals surface area contributed by atoms with Gasteiger partial charge < -0.3 is 15.2 Å². The van der Waals surface area contributed by atoms with E-state index in [4.69, 9.17) is 4.74 Å². The zero-order chi connectivity index (χ0) is 16.9. The molecule has 0 aliphatic heterocycles. The van der Waals surface area contributed by atoms with Crippen LogP contribution in [0.25, 0.3) is 0 Å². The normalized spacial score (nSPS) is 15.2. The van der Waals surface area contributed by atoms with Crippen LogP contribution in [0.2, 0.25) is 0 Å². The summed E-state index contributed by atoms with van der Waals surface area (Å²) in [5, 5.41) is 12.2. The van der Waals surface area contributed by atoms with Crippen LogP contribution >= 0.6 is 0 Å². The average Bonchev–Trinajstić information content (AvgIpc) is 2.25. The van der Waals surface area contributed by atoms with E-state index in [0.29, 0.717) is 12.8 Å². The molecule has 0 radical (unpaired) electrons. The molecule has 0 aromatic heterocycles. The van der Waals surface area contributed by atoms with Crippen LogP contribution in [0.15, 0.2) is 0 Å². The monoisotopic (exact) mass is 301 g/mol. The summed E-state index contributed by atoms with van der Waals surface area (Å²) < 4.78 is 5.16. The first-order chi connectivity index (χ1) is 9.31. The van der Waals surface area contributed by atoms with Crippen molar-refractivity contribution in [1.82, 2.24) is 5.32 Å². The van der Waals surface area contributed by atoms with E-state index in [9.17, 15) is 14.7 Å². The second-order valence-corrected chi connectivity index (χ2v) is 7.86. The maximum absolute atomic E-state index is 11.7. The van der Waals surface area contributed by atoms with Gasteiger partial charge in [0.25, 0.3) is 0 Å². The highest BCUT2D eigenvalue weighted by atomic mass is 16.6. The lowest BCUT2D eigenvalue weighted by molar-refractivity contribution is -0.149. The molecule has 0 aromatic rings. The lowest BCUT2D eigenvalue weighted by Gasteiger charge is -2.32. The number of aliphatic carboxylic acids is 1. The molecule has 0 aromatic carbocycles. The minimum Gasteiger partial charge on any atom is -0.481 e. The molecule has 1 atom stereocenters. The van der Waals surface area contributed by atoms with Gasteiger partial charge in [0, 0.05) is 6.54 Å². The van der Waals surface area contributed by atoms with Crippen LogP contribution in [-0.4, -0.2) is 29.3 Å². The molecule has 124 valence electrons. The van der Waals surface area contributed by atoms with E-state index in [2.05, 4.69) is 26.1 Å². The first-order valence-corrected chi connectivity index (χ1v) is 7.51. The van der Waals surface area contributed by atoms with E-state index in [1.54, 1.807) is 20.8 Å². The summed E-state index contributed by atoms with van der Waals surface area (Å²) in [6.07, 6.45) is 1.20. The van der Waals surface area contributed by atoms with Crippen molar-refractivity contribution in [3.05, 3.63) is 0 Å². The van der Waals surface area contributed by atoms with Gasteiger partial charge in [0.2, 0.25) is 0 Å². The smallest absolute Gasteiger partial charge is 0.407 e. The fourth-order valence-electron chi connectivity index (χ4n) is 1.89. The van der Waals surface area contributed by atoms with Crippen molar-refractivity contribution in [3.63, 3.8) is 0 Å². The van der Waals surface area contributed by atoms with Gasteiger partial charge in [-0.05, 0) is 45.4 Å². The van der Waals surface area contributed by atoms with Gasteiger partial charge in [-0.3, -0.25) is 4.79 Å². The van der Waals surface area contributed by atoms with Gasteiger partial charge in [-0.2, -0.15) is 0 Å². The molecule has 21 heavy (non-hydrogen) atoms. The predicted molar refractivity (Wildman–Crippen MR) is 83.3 cm³/mol. The van der Waals surface area contributed by atoms with Crippen LogP contribution < -0.4 is 5.32 Å². The highest BCUT2D eigenvalue weighted by Gasteiger charge is 2.38. The number of carboxylic acids is 1. The Labute approximate surface area is 128 Å². The molecule has 2 N–H and O–H groups in total. The van der Waals surface area contributed by atoms with Gasteiger partial charge in [0.1, 0.15) is 5.60 Å². The van der Waals surface area contributed by atoms with E-state index >= 15 is 0 Å². The summed E-state index contributed by atoms with van der Waals surface area (Å²) in [4.78, 5) is 23.4. The maximum Gasteiger partial charge on any atom is 0.407 e. The summed E-state index contributed by atoms with van der Waals surface area (Å²) in [5.74, 6) is -0.870. The van der Waals surface area contributed by atoms with Gasteiger partial charge in [-0.1, -0.05) is 27.7 Å². The Bertz CT molecular complexity index is 365. The molecule has 1 unspecified atom stereocenters. The average molecular weight is 301 g/mol. The number of carbonyl (C=O) groups is 2. The van der Waals surface area contributed by atoms with Gasteiger partial charge in [0.05, 0.1) is 5.41 Å². The first-order valence-electron chi connectivity index (χ1n) is 7.51. The van der Waals surface area contributed by atoms with Crippen molar-refractivity contribution in [2.75, 3.05) is 6.54 Å². The van der Waals surface area contributed by atoms with Gasteiger partial charge in [-0.15, -0.1) is 0 Å². The molecule has 5 heteroatoms. The molecule has 5 nitrogen and oxygen atoms in total. The first kappa shape index (κ1) is 19.7.